The summed E-state index contributed by atoms with van der Waals surface area (Å²) in [7, 11) is 0. The monoisotopic (exact) mass is 267 g/mol. The Morgan fingerprint density at radius 3 is 2.90 bits per heavy atom. The van der Waals surface area contributed by atoms with Crippen molar-refractivity contribution in [1.29, 1.82) is 0 Å². The van der Waals surface area contributed by atoms with Crippen molar-refractivity contribution in [2.24, 2.45) is 5.92 Å². The molecule has 20 heavy (non-hydrogen) atoms. The molecule has 1 saturated heterocycles. The molecule has 2 atom stereocenters. The number of piperidine rings is 1. The summed E-state index contributed by atoms with van der Waals surface area (Å²) in [5.41, 5.74) is 3.13. The van der Waals surface area contributed by atoms with Crippen LogP contribution in [0.2, 0.25) is 0 Å². The van der Waals surface area contributed by atoms with Crippen LogP contribution in [0.5, 0.6) is 0 Å². The van der Waals surface area contributed by atoms with Crippen molar-refractivity contribution in [1.82, 2.24) is 4.90 Å². The fourth-order valence-electron chi connectivity index (χ4n) is 3.72. The van der Waals surface area contributed by atoms with Crippen molar-refractivity contribution in [2.75, 3.05) is 6.54 Å². The molecule has 0 amide bonds. The Labute approximate surface area is 123 Å². The highest BCUT2D eigenvalue weighted by atomic mass is 15.2. The lowest BCUT2D eigenvalue weighted by atomic mass is 9.78. The molecule has 0 aromatic heterocycles. The van der Waals surface area contributed by atoms with Crippen LogP contribution < -0.4 is 0 Å². The minimum atomic E-state index is 0.668. The van der Waals surface area contributed by atoms with Crippen LogP contribution in [0.15, 0.2) is 54.1 Å². The van der Waals surface area contributed by atoms with E-state index < -0.39 is 0 Å². The van der Waals surface area contributed by atoms with Crippen LogP contribution in [-0.4, -0.2) is 17.5 Å². The van der Waals surface area contributed by atoms with E-state index >= 15 is 0 Å². The third-order valence-corrected chi connectivity index (χ3v) is 4.67. The molecule has 1 aromatic rings. The van der Waals surface area contributed by atoms with Crippen LogP contribution in [0.4, 0.5) is 0 Å². The van der Waals surface area contributed by atoms with Gasteiger partial charge in [0.15, 0.2) is 0 Å². The van der Waals surface area contributed by atoms with Crippen molar-refractivity contribution in [3.05, 3.63) is 59.7 Å². The maximum atomic E-state index is 2.70. The van der Waals surface area contributed by atoms with E-state index in [2.05, 4.69) is 60.4 Å². The van der Waals surface area contributed by atoms with Crippen molar-refractivity contribution >= 4 is 0 Å². The molecule has 1 aromatic carbocycles. The molecule has 0 unspecified atom stereocenters. The summed E-state index contributed by atoms with van der Waals surface area (Å²) >= 11 is 0. The minimum absolute atomic E-state index is 0.668. The molecule has 1 nitrogen and oxygen atoms in total. The molecule has 1 aliphatic heterocycles. The smallest absolute Gasteiger partial charge is 0.0237 e. The van der Waals surface area contributed by atoms with Gasteiger partial charge in [0, 0.05) is 25.0 Å². The summed E-state index contributed by atoms with van der Waals surface area (Å²) < 4.78 is 0. The van der Waals surface area contributed by atoms with Crippen LogP contribution in [-0.2, 0) is 6.54 Å². The molecule has 0 saturated carbocycles. The zero-order chi connectivity index (χ0) is 13.8. The molecule has 3 rings (SSSR count). The van der Waals surface area contributed by atoms with E-state index in [1.807, 2.05) is 0 Å². The first-order valence-corrected chi connectivity index (χ1v) is 8.02. The summed E-state index contributed by atoms with van der Waals surface area (Å²) in [6, 6.07) is 11.6. The summed E-state index contributed by atoms with van der Waals surface area (Å²) in [5.74, 6) is 0.668. The lowest BCUT2D eigenvalue weighted by Crippen LogP contribution is -2.46. The Bertz CT molecular complexity index is 486. The Hall–Kier alpha value is -1.34. The van der Waals surface area contributed by atoms with Crippen LogP contribution >= 0.6 is 0 Å². The summed E-state index contributed by atoms with van der Waals surface area (Å²) in [4.78, 5) is 2.70. The highest BCUT2D eigenvalue weighted by Gasteiger charge is 2.33. The number of nitrogens with zero attached hydrogens (tertiary/aromatic N) is 1. The van der Waals surface area contributed by atoms with E-state index in [4.69, 9.17) is 0 Å². The number of likely N-dealkylation sites (tertiary alicyclic amines) is 1. The standard InChI is InChI=1S/C19H25N/c1-2-8-17-13-14-20(15-16-9-4-3-5-10-16)19-12-7-6-11-18(17)19/h3-6,8-11,18-19H,2,7,12-15H2,1H3/b17-8-/t18-,19+/m0/s1. The molecule has 0 bridgehead atoms. The van der Waals surface area contributed by atoms with Crippen LogP contribution in [0.1, 0.15) is 38.2 Å². The van der Waals surface area contributed by atoms with Gasteiger partial charge in [-0.05, 0) is 31.2 Å². The number of benzene rings is 1. The van der Waals surface area contributed by atoms with Gasteiger partial charge in [-0.2, -0.15) is 0 Å². The molecule has 1 heteroatoms. The van der Waals surface area contributed by atoms with Gasteiger partial charge in [0.25, 0.3) is 0 Å². The Kier molecular flexibility index (Phi) is 4.37. The average Bonchev–Trinajstić information content (AvgIpc) is 2.51. The SMILES string of the molecule is CC/C=C1/CCN(Cc2ccccc2)[C@@H]2CCC=C[C@@H]12. The highest BCUT2D eigenvalue weighted by molar-refractivity contribution is 5.23. The third kappa shape index (κ3) is 2.88. The first-order valence-electron chi connectivity index (χ1n) is 8.02. The van der Waals surface area contributed by atoms with E-state index in [1.54, 1.807) is 5.57 Å². The topological polar surface area (TPSA) is 3.24 Å². The molecular formula is C19H25N. The van der Waals surface area contributed by atoms with Gasteiger partial charge in [-0.3, -0.25) is 4.90 Å². The molecular weight excluding hydrogens is 242 g/mol. The predicted octanol–water partition coefficient (Wildman–Crippen LogP) is 4.56. The maximum Gasteiger partial charge on any atom is 0.0237 e. The summed E-state index contributed by atoms with van der Waals surface area (Å²) in [5, 5.41) is 0. The lowest BCUT2D eigenvalue weighted by Gasteiger charge is -2.43. The zero-order valence-corrected chi connectivity index (χ0v) is 12.5. The maximum absolute atomic E-state index is 2.70. The number of fused-ring (bicyclic) bond motifs is 1. The van der Waals surface area contributed by atoms with Gasteiger partial charge in [-0.1, -0.05) is 61.1 Å². The van der Waals surface area contributed by atoms with Crippen LogP contribution in [0.25, 0.3) is 0 Å². The van der Waals surface area contributed by atoms with Gasteiger partial charge in [0.1, 0.15) is 0 Å². The molecule has 0 spiro atoms. The second-order valence-electron chi connectivity index (χ2n) is 5.99. The lowest BCUT2D eigenvalue weighted by molar-refractivity contribution is 0.125. The first-order chi connectivity index (χ1) is 9.88. The second-order valence-corrected chi connectivity index (χ2v) is 5.99. The zero-order valence-electron chi connectivity index (χ0n) is 12.5. The van der Waals surface area contributed by atoms with Crippen molar-refractivity contribution in [3.63, 3.8) is 0 Å². The molecule has 106 valence electrons. The first kappa shape index (κ1) is 13.6. The van der Waals surface area contributed by atoms with Crippen molar-refractivity contribution < 1.29 is 0 Å². The van der Waals surface area contributed by atoms with E-state index in [0.29, 0.717) is 12.0 Å². The number of rotatable bonds is 3. The Balaban J connectivity index is 1.77. The second kappa shape index (κ2) is 6.41. The average molecular weight is 267 g/mol. The molecule has 0 radical (unpaired) electrons. The Morgan fingerprint density at radius 1 is 1.25 bits per heavy atom. The predicted molar refractivity (Wildman–Crippen MR) is 85.5 cm³/mol. The molecule has 1 fully saturated rings. The van der Waals surface area contributed by atoms with E-state index in [-0.39, 0.29) is 0 Å². The van der Waals surface area contributed by atoms with Gasteiger partial charge >= 0.3 is 0 Å². The van der Waals surface area contributed by atoms with Gasteiger partial charge in [0.2, 0.25) is 0 Å². The Morgan fingerprint density at radius 2 is 2.10 bits per heavy atom. The van der Waals surface area contributed by atoms with Crippen molar-refractivity contribution in [3.8, 4) is 0 Å². The number of hydrogen-bond donors (Lipinski definition) is 0. The normalized spacial score (nSPS) is 28.6. The van der Waals surface area contributed by atoms with Gasteiger partial charge in [0.05, 0.1) is 0 Å². The minimum Gasteiger partial charge on any atom is -0.295 e. The fraction of sp³-hybridized carbons (Fsp3) is 0.474. The molecule has 2 aliphatic rings. The summed E-state index contributed by atoms with van der Waals surface area (Å²) in [6.45, 7) is 4.58. The van der Waals surface area contributed by atoms with E-state index in [9.17, 15) is 0 Å². The van der Waals surface area contributed by atoms with Gasteiger partial charge < -0.3 is 0 Å². The quantitative estimate of drug-likeness (QED) is 0.725. The van der Waals surface area contributed by atoms with Gasteiger partial charge in [-0.15, -0.1) is 0 Å². The highest BCUT2D eigenvalue weighted by Crippen LogP contribution is 2.36. The molecule has 1 aliphatic carbocycles. The van der Waals surface area contributed by atoms with Gasteiger partial charge in [-0.25, -0.2) is 0 Å². The molecule has 1 heterocycles. The largest absolute Gasteiger partial charge is 0.295 e. The number of allylic oxidation sites excluding steroid dienone is 2. The fourth-order valence-corrected chi connectivity index (χ4v) is 3.72. The summed E-state index contributed by atoms with van der Waals surface area (Å²) in [6.07, 6.45) is 12.3. The van der Waals surface area contributed by atoms with E-state index in [0.717, 1.165) is 6.54 Å². The number of hydrogen-bond acceptors (Lipinski definition) is 1. The third-order valence-electron chi connectivity index (χ3n) is 4.67. The van der Waals surface area contributed by atoms with Crippen molar-refractivity contribution in [2.45, 2.75) is 45.2 Å². The molecule has 0 N–H and O–H groups in total. The van der Waals surface area contributed by atoms with Crippen LogP contribution in [0.3, 0.4) is 0 Å². The van der Waals surface area contributed by atoms with Crippen LogP contribution in [0, 0.1) is 5.92 Å². The van der Waals surface area contributed by atoms with E-state index in [1.165, 1.54) is 37.8 Å².